The molecule has 0 saturated heterocycles. The van der Waals surface area contributed by atoms with Crippen LogP contribution in [0.15, 0.2) is 60.7 Å². The van der Waals surface area contributed by atoms with Gasteiger partial charge < -0.3 is 5.11 Å². The molecule has 0 aliphatic rings. The molecule has 4 aromatic rings. The van der Waals surface area contributed by atoms with Crippen LogP contribution in [-0.2, 0) is 10.8 Å². The second kappa shape index (κ2) is 7.13. The van der Waals surface area contributed by atoms with Gasteiger partial charge in [-0.2, -0.15) is 0 Å². The highest BCUT2D eigenvalue weighted by Gasteiger charge is 2.34. The molecule has 1 aromatic heterocycles. The quantitative estimate of drug-likeness (QED) is 0.417. The zero-order valence-electron chi connectivity index (χ0n) is 17.9. The van der Waals surface area contributed by atoms with Crippen LogP contribution in [0.4, 0.5) is 0 Å². The van der Waals surface area contributed by atoms with Crippen molar-refractivity contribution in [3.8, 4) is 11.4 Å². The van der Waals surface area contributed by atoms with Gasteiger partial charge in [0.25, 0.3) is 0 Å². The van der Waals surface area contributed by atoms with Crippen LogP contribution < -0.4 is 0 Å². The maximum Gasteiger partial charge on any atom is 0.148 e. The third kappa shape index (κ3) is 3.35. The lowest BCUT2D eigenvalue weighted by Crippen LogP contribution is -2.23. The molecule has 0 saturated carbocycles. The highest BCUT2D eigenvalue weighted by atomic mass is 35.5. The monoisotopic (exact) mass is 419 g/mol. The molecule has 1 heterocycles. The molecule has 0 spiro atoms. The number of aromatic hydroxyl groups is 1. The highest BCUT2D eigenvalue weighted by Crippen LogP contribution is 2.47. The van der Waals surface area contributed by atoms with Crippen LogP contribution in [0.1, 0.15) is 51.3 Å². The van der Waals surface area contributed by atoms with E-state index in [1.807, 2.05) is 48.5 Å². The van der Waals surface area contributed by atoms with E-state index >= 15 is 0 Å². The van der Waals surface area contributed by atoms with Crippen LogP contribution >= 0.6 is 11.6 Å². The minimum Gasteiger partial charge on any atom is -0.505 e. The van der Waals surface area contributed by atoms with Gasteiger partial charge in [-0.05, 0) is 34.7 Å². The van der Waals surface area contributed by atoms with Crippen molar-refractivity contribution in [1.29, 1.82) is 0 Å². The number of halogens is 1. The molecule has 4 rings (SSSR count). The molecule has 30 heavy (non-hydrogen) atoms. The highest BCUT2D eigenvalue weighted by molar-refractivity contribution is 6.32. The Labute approximate surface area is 182 Å². The number of rotatable bonds is 3. The van der Waals surface area contributed by atoms with E-state index < -0.39 is 5.41 Å². The molecule has 1 N–H and O–H groups in total. The zero-order valence-corrected chi connectivity index (χ0v) is 18.7. The molecule has 0 unspecified atom stereocenters. The van der Waals surface area contributed by atoms with Gasteiger partial charge in [0.05, 0.1) is 5.02 Å². The fourth-order valence-electron chi connectivity index (χ4n) is 3.87. The van der Waals surface area contributed by atoms with Gasteiger partial charge in [-0.25, -0.2) is 0 Å². The Hall–Kier alpha value is -2.85. The van der Waals surface area contributed by atoms with Gasteiger partial charge in [0.2, 0.25) is 0 Å². The second-order valence-electron chi connectivity index (χ2n) is 9.20. The largest absolute Gasteiger partial charge is 0.505 e. The topological polar surface area (TPSA) is 50.9 Å². The zero-order chi connectivity index (χ0) is 21.7. The lowest BCUT2D eigenvalue weighted by Gasteiger charge is -2.32. The van der Waals surface area contributed by atoms with E-state index in [0.717, 1.165) is 22.2 Å². The van der Waals surface area contributed by atoms with Crippen molar-refractivity contribution in [1.82, 2.24) is 15.0 Å². The van der Waals surface area contributed by atoms with Crippen molar-refractivity contribution in [2.75, 3.05) is 0 Å². The Morgan fingerprint density at radius 1 is 0.833 bits per heavy atom. The summed E-state index contributed by atoms with van der Waals surface area (Å²) in [5.74, 6) is 0.0992. The van der Waals surface area contributed by atoms with Gasteiger partial charge in [-0.3, -0.25) is 0 Å². The summed E-state index contributed by atoms with van der Waals surface area (Å²) in [6, 6.07) is 19.7. The first-order chi connectivity index (χ1) is 14.1. The Morgan fingerprint density at radius 2 is 1.37 bits per heavy atom. The van der Waals surface area contributed by atoms with Crippen molar-refractivity contribution >= 4 is 22.6 Å². The molecule has 0 fully saturated rings. The molecule has 154 valence electrons. The first-order valence-corrected chi connectivity index (χ1v) is 10.4. The van der Waals surface area contributed by atoms with Crippen LogP contribution in [0.5, 0.6) is 5.75 Å². The van der Waals surface area contributed by atoms with Gasteiger partial charge >= 0.3 is 0 Å². The van der Waals surface area contributed by atoms with E-state index in [0.29, 0.717) is 16.3 Å². The van der Waals surface area contributed by atoms with Gasteiger partial charge in [0.15, 0.2) is 0 Å². The molecule has 0 radical (unpaired) electrons. The van der Waals surface area contributed by atoms with Crippen molar-refractivity contribution in [2.45, 2.75) is 45.4 Å². The summed E-state index contributed by atoms with van der Waals surface area (Å²) in [6.45, 7) is 10.5. The van der Waals surface area contributed by atoms with Crippen molar-refractivity contribution in [3.63, 3.8) is 0 Å². The smallest absolute Gasteiger partial charge is 0.148 e. The van der Waals surface area contributed by atoms with Crippen molar-refractivity contribution < 1.29 is 5.11 Å². The summed E-state index contributed by atoms with van der Waals surface area (Å²) < 4.78 is 0. The molecule has 0 aliphatic carbocycles. The van der Waals surface area contributed by atoms with E-state index in [2.05, 4.69) is 56.9 Å². The molecule has 5 heteroatoms. The van der Waals surface area contributed by atoms with Crippen LogP contribution in [0, 0.1) is 0 Å². The molecular formula is C25H26ClN3O. The summed E-state index contributed by atoms with van der Waals surface area (Å²) in [6.07, 6.45) is 0. The lowest BCUT2D eigenvalue weighted by molar-refractivity contribution is 0.444. The number of hydrogen-bond donors (Lipinski definition) is 1. The normalized spacial score (nSPS) is 12.5. The maximum absolute atomic E-state index is 11.5. The minimum atomic E-state index is -0.523. The van der Waals surface area contributed by atoms with Crippen LogP contribution in [0.3, 0.4) is 0 Å². The fraction of sp³-hybridized carbons (Fsp3) is 0.280. The van der Waals surface area contributed by atoms with E-state index in [4.69, 9.17) is 11.6 Å². The summed E-state index contributed by atoms with van der Waals surface area (Å²) in [7, 11) is 0. The third-order valence-corrected chi connectivity index (χ3v) is 6.04. The van der Waals surface area contributed by atoms with E-state index in [1.165, 1.54) is 4.80 Å². The van der Waals surface area contributed by atoms with Gasteiger partial charge in [-0.15, -0.1) is 15.0 Å². The number of phenols is 1. The number of aromatic nitrogens is 3. The van der Waals surface area contributed by atoms with Crippen LogP contribution in [0.25, 0.3) is 16.7 Å². The second-order valence-corrected chi connectivity index (χ2v) is 9.58. The summed E-state index contributed by atoms with van der Waals surface area (Å²) in [5, 5.41) is 21.2. The number of fused-ring (bicyclic) bond motifs is 1. The number of nitrogens with zero attached hydrogens (tertiary/aromatic N) is 3. The lowest BCUT2D eigenvalue weighted by atomic mass is 9.74. The average molecular weight is 420 g/mol. The van der Waals surface area contributed by atoms with E-state index in [-0.39, 0.29) is 11.2 Å². The van der Waals surface area contributed by atoms with E-state index in [1.54, 1.807) is 0 Å². The maximum atomic E-state index is 11.5. The molecule has 4 nitrogen and oxygen atoms in total. The van der Waals surface area contributed by atoms with E-state index in [9.17, 15) is 5.11 Å². The standard InChI is InChI=1S/C25H26ClN3O/c1-24(2,3)17-15-20(29-27-18-13-9-10-14-19(18)28-29)23(30)21(22(17)26)25(4,5)16-11-7-6-8-12-16/h6-15,30H,1-5H3. The van der Waals surface area contributed by atoms with Gasteiger partial charge in [0.1, 0.15) is 22.5 Å². The fourth-order valence-corrected chi connectivity index (χ4v) is 4.53. The summed E-state index contributed by atoms with van der Waals surface area (Å²) >= 11 is 6.96. The molecular weight excluding hydrogens is 394 g/mol. The predicted molar refractivity (Wildman–Crippen MR) is 123 cm³/mol. The molecule has 0 aliphatic heterocycles. The number of benzene rings is 3. The Morgan fingerprint density at radius 3 is 1.90 bits per heavy atom. The predicted octanol–water partition coefficient (Wildman–Crippen LogP) is 6.40. The Bertz CT molecular complexity index is 1190. The van der Waals surface area contributed by atoms with Gasteiger partial charge in [0, 0.05) is 11.0 Å². The van der Waals surface area contributed by atoms with Crippen LogP contribution in [0.2, 0.25) is 5.02 Å². The van der Waals surface area contributed by atoms with Crippen molar-refractivity contribution in [3.05, 3.63) is 82.4 Å². The van der Waals surface area contributed by atoms with Crippen LogP contribution in [-0.4, -0.2) is 20.1 Å². The molecule has 3 aromatic carbocycles. The minimum absolute atomic E-state index is 0.0992. The summed E-state index contributed by atoms with van der Waals surface area (Å²) in [4.78, 5) is 1.51. The first-order valence-electron chi connectivity index (χ1n) is 10.0. The van der Waals surface area contributed by atoms with Gasteiger partial charge in [-0.1, -0.05) is 88.7 Å². The Kier molecular flexibility index (Phi) is 4.86. The Balaban J connectivity index is 2.04. The number of phenolic OH excluding ortho intramolecular Hbond substituents is 1. The third-order valence-electron chi connectivity index (χ3n) is 5.65. The SMILES string of the molecule is CC(C)(C)c1cc(-n2nc3ccccc3n2)c(O)c(C(C)(C)c2ccccc2)c1Cl. The molecule has 0 bridgehead atoms. The molecule has 0 atom stereocenters. The first kappa shape index (κ1) is 20.4. The average Bonchev–Trinajstić information content (AvgIpc) is 3.11. The number of hydrogen-bond acceptors (Lipinski definition) is 3. The summed E-state index contributed by atoms with van der Waals surface area (Å²) in [5.41, 5.74) is 4.01. The van der Waals surface area contributed by atoms with Crippen molar-refractivity contribution in [2.24, 2.45) is 0 Å². The molecule has 0 amide bonds.